The van der Waals surface area contributed by atoms with Crippen molar-refractivity contribution in [2.45, 2.75) is 70.4 Å². The average Bonchev–Trinajstić information content (AvgIpc) is 2.61. The summed E-state index contributed by atoms with van der Waals surface area (Å²) >= 11 is 0. The number of nitrogens with one attached hydrogen (secondary N) is 1. The molecule has 2 aliphatic rings. The van der Waals surface area contributed by atoms with Gasteiger partial charge >= 0.3 is 5.97 Å². The van der Waals surface area contributed by atoms with Gasteiger partial charge in [0.25, 0.3) is 0 Å². The summed E-state index contributed by atoms with van der Waals surface area (Å²) in [5.41, 5.74) is 1.55. The predicted molar refractivity (Wildman–Crippen MR) is 92.6 cm³/mol. The van der Waals surface area contributed by atoms with Crippen LogP contribution in [0.1, 0.15) is 73.7 Å². The molecule has 0 saturated heterocycles. The van der Waals surface area contributed by atoms with Crippen molar-refractivity contribution in [1.29, 1.82) is 0 Å². The van der Waals surface area contributed by atoms with E-state index in [0.717, 1.165) is 18.4 Å². The van der Waals surface area contributed by atoms with Crippen molar-refractivity contribution < 1.29 is 9.90 Å². The van der Waals surface area contributed by atoms with E-state index < -0.39 is 5.97 Å². The number of carboxylic acids is 1. The van der Waals surface area contributed by atoms with Gasteiger partial charge in [0.15, 0.2) is 0 Å². The van der Waals surface area contributed by atoms with E-state index in [1.807, 2.05) is 12.1 Å². The van der Waals surface area contributed by atoms with E-state index in [4.69, 9.17) is 5.11 Å². The Balaban J connectivity index is 1.57. The Morgan fingerprint density at radius 2 is 1.61 bits per heavy atom. The van der Waals surface area contributed by atoms with Crippen LogP contribution in [0.3, 0.4) is 0 Å². The Kier molecular flexibility index (Phi) is 5.71. The third-order valence-electron chi connectivity index (χ3n) is 5.84. The third-order valence-corrected chi connectivity index (χ3v) is 5.84. The van der Waals surface area contributed by atoms with Gasteiger partial charge in [-0.3, -0.25) is 0 Å². The summed E-state index contributed by atoms with van der Waals surface area (Å²) in [7, 11) is 0. The highest BCUT2D eigenvalue weighted by Crippen LogP contribution is 2.38. The van der Waals surface area contributed by atoms with Crippen molar-refractivity contribution in [2.24, 2.45) is 11.8 Å². The van der Waals surface area contributed by atoms with Crippen LogP contribution in [0.15, 0.2) is 24.3 Å². The van der Waals surface area contributed by atoms with Gasteiger partial charge < -0.3 is 10.4 Å². The van der Waals surface area contributed by atoms with Gasteiger partial charge in [-0.2, -0.15) is 0 Å². The van der Waals surface area contributed by atoms with Gasteiger partial charge in [-0.1, -0.05) is 57.1 Å². The van der Waals surface area contributed by atoms with Crippen LogP contribution in [-0.2, 0) is 6.54 Å². The van der Waals surface area contributed by atoms with Gasteiger partial charge in [0, 0.05) is 12.6 Å². The molecule has 0 aromatic heterocycles. The molecule has 2 unspecified atom stereocenters. The number of benzene rings is 1. The standard InChI is InChI=1S/C20H29NO2/c22-20(23)17-12-10-15(11-13-17)14-21-19-9-5-4-8-18(19)16-6-2-1-3-7-16/h10-13,16,18-19,21H,1-9,14H2,(H,22,23). The van der Waals surface area contributed by atoms with Gasteiger partial charge in [0.05, 0.1) is 5.56 Å². The summed E-state index contributed by atoms with van der Waals surface area (Å²) in [6, 6.07) is 7.94. The first kappa shape index (κ1) is 16.5. The van der Waals surface area contributed by atoms with Crippen LogP contribution in [-0.4, -0.2) is 17.1 Å². The molecule has 0 amide bonds. The summed E-state index contributed by atoms with van der Waals surface area (Å²) in [4.78, 5) is 10.9. The van der Waals surface area contributed by atoms with Crippen LogP contribution in [0.5, 0.6) is 0 Å². The molecule has 2 aliphatic carbocycles. The van der Waals surface area contributed by atoms with E-state index in [0.29, 0.717) is 11.6 Å². The zero-order chi connectivity index (χ0) is 16.1. The molecule has 0 bridgehead atoms. The number of carbonyl (C=O) groups is 1. The molecule has 2 fully saturated rings. The maximum absolute atomic E-state index is 10.9. The molecule has 3 nitrogen and oxygen atoms in total. The van der Waals surface area contributed by atoms with E-state index in [2.05, 4.69) is 5.32 Å². The Bertz CT molecular complexity index is 505. The van der Waals surface area contributed by atoms with E-state index in [9.17, 15) is 4.79 Å². The number of aromatic carboxylic acids is 1. The van der Waals surface area contributed by atoms with E-state index >= 15 is 0 Å². The molecular weight excluding hydrogens is 286 g/mol. The Hall–Kier alpha value is -1.35. The van der Waals surface area contributed by atoms with Gasteiger partial charge in [-0.15, -0.1) is 0 Å². The van der Waals surface area contributed by atoms with E-state index in [1.165, 1.54) is 63.4 Å². The summed E-state index contributed by atoms with van der Waals surface area (Å²) in [5.74, 6) is 0.924. The van der Waals surface area contributed by atoms with Crippen molar-refractivity contribution in [3.8, 4) is 0 Å². The topological polar surface area (TPSA) is 49.3 Å². The van der Waals surface area contributed by atoms with E-state index in [-0.39, 0.29) is 0 Å². The minimum absolute atomic E-state index is 0.367. The summed E-state index contributed by atoms with van der Waals surface area (Å²) < 4.78 is 0. The molecule has 3 rings (SSSR count). The minimum atomic E-state index is -0.853. The molecule has 0 radical (unpaired) electrons. The molecule has 23 heavy (non-hydrogen) atoms. The third kappa shape index (κ3) is 4.35. The minimum Gasteiger partial charge on any atom is -0.478 e. The zero-order valence-electron chi connectivity index (χ0n) is 14.0. The fourth-order valence-electron chi connectivity index (χ4n) is 4.55. The van der Waals surface area contributed by atoms with Crippen LogP contribution < -0.4 is 5.32 Å². The lowest BCUT2D eigenvalue weighted by atomic mass is 9.71. The maximum Gasteiger partial charge on any atom is 0.335 e. The van der Waals surface area contributed by atoms with Gasteiger partial charge in [-0.05, 0) is 42.4 Å². The summed E-state index contributed by atoms with van der Waals surface area (Å²) in [5, 5.41) is 12.8. The van der Waals surface area contributed by atoms with Crippen LogP contribution in [0.25, 0.3) is 0 Å². The molecule has 2 saturated carbocycles. The lowest BCUT2D eigenvalue weighted by molar-refractivity contribution is 0.0697. The van der Waals surface area contributed by atoms with Crippen molar-refractivity contribution in [3.63, 3.8) is 0 Å². The molecule has 3 heteroatoms. The van der Waals surface area contributed by atoms with Crippen molar-refractivity contribution in [2.75, 3.05) is 0 Å². The largest absolute Gasteiger partial charge is 0.478 e. The zero-order valence-corrected chi connectivity index (χ0v) is 14.0. The van der Waals surface area contributed by atoms with Crippen LogP contribution >= 0.6 is 0 Å². The van der Waals surface area contributed by atoms with E-state index in [1.54, 1.807) is 12.1 Å². The molecule has 1 aromatic carbocycles. The van der Waals surface area contributed by atoms with Gasteiger partial charge in [0.1, 0.15) is 0 Å². The van der Waals surface area contributed by atoms with Crippen molar-refractivity contribution in [1.82, 2.24) is 5.32 Å². The smallest absolute Gasteiger partial charge is 0.335 e. The number of hydrogen-bond acceptors (Lipinski definition) is 2. The summed E-state index contributed by atoms with van der Waals surface area (Å²) in [6.45, 7) is 0.855. The lowest BCUT2D eigenvalue weighted by Gasteiger charge is -2.39. The summed E-state index contributed by atoms with van der Waals surface area (Å²) in [6.07, 6.45) is 12.6. The quantitative estimate of drug-likeness (QED) is 0.834. The van der Waals surface area contributed by atoms with Crippen LogP contribution in [0.2, 0.25) is 0 Å². The highest BCUT2D eigenvalue weighted by molar-refractivity contribution is 5.87. The Morgan fingerprint density at radius 3 is 2.30 bits per heavy atom. The van der Waals surface area contributed by atoms with Crippen molar-refractivity contribution >= 4 is 5.97 Å². The fourth-order valence-corrected chi connectivity index (χ4v) is 4.55. The second-order valence-electron chi connectivity index (χ2n) is 7.34. The van der Waals surface area contributed by atoms with Crippen molar-refractivity contribution in [3.05, 3.63) is 35.4 Å². The van der Waals surface area contributed by atoms with Crippen LogP contribution in [0, 0.1) is 11.8 Å². The number of rotatable bonds is 5. The highest BCUT2D eigenvalue weighted by Gasteiger charge is 2.32. The second kappa shape index (κ2) is 7.96. The highest BCUT2D eigenvalue weighted by atomic mass is 16.4. The predicted octanol–water partition coefficient (Wildman–Crippen LogP) is 4.61. The van der Waals surface area contributed by atoms with Crippen LogP contribution in [0.4, 0.5) is 0 Å². The molecule has 0 aliphatic heterocycles. The molecule has 2 atom stereocenters. The average molecular weight is 315 g/mol. The second-order valence-corrected chi connectivity index (χ2v) is 7.34. The number of carboxylic acid groups (broad SMARTS) is 1. The van der Waals surface area contributed by atoms with Gasteiger partial charge in [0.2, 0.25) is 0 Å². The first-order valence-electron chi connectivity index (χ1n) is 9.29. The Labute approximate surface area is 139 Å². The monoisotopic (exact) mass is 315 g/mol. The molecule has 126 valence electrons. The first-order valence-corrected chi connectivity index (χ1v) is 9.29. The maximum atomic E-state index is 10.9. The molecule has 2 N–H and O–H groups in total. The molecule has 0 heterocycles. The number of hydrogen-bond donors (Lipinski definition) is 2. The normalized spacial score (nSPS) is 26.1. The van der Waals surface area contributed by atoms with Gasteiger partial charge in [-0.25, -0.2) is 4.79 Å². The molecule has 0 spiro atoms. The molecule has 1 aromatic rings. The molecular formula is C20H29NO2. The Morgan fingerprint density at radius 1 is 0.957 bits per heavy atom. The fraction of sp³-hybridized carbons (Fsp3) is 0.650. The SMILES string of the molecule is O=C(O)c1ccc(CNC2CCCCC2C2CCCCC2)cc1. The lowest BCUT2D eigenvalue weighted by Crippen LogP contribution is -2.42. The first-order chi connectivity index (χ1) is 11.2.